The molecule has 0 saturated heterocycles. The number of carbonyl (C=O) groups is 3. The Morgan fingerprint density at radius 3 is 2.00 bits per heavy atom. The third-order valence-electron chi connectivity index (χ3n) is 5.51. The number of carbonyl (C=O) groups excluding carboxylic acids is 3. The van der Waals surface area contributed by atoms with E-state index in [1.165, 1.54) is 28.3 Å². The summed E-state index contributed by atoms with van der Waals surface area (Å²) >= 11 is 0. The van der Waals surface area contributed by atoms with Crippen LogP contribution in [0.2, 0.25) is 0 Å². The predicted molar refractivity (Wildman–Crippen MR) is 124 cm³/mol. The van der Waals surface area contributed by atoms with Crippen LogP contribution in [0.25, 0.3) is 17.2 Å². The third-order valence-corrected chi connectivity index (χ3v) is 5.51. The van der Waals surface area contributed by atoms with Crippen LogP contribution in [0.1, 0.15) is 49.7 Å². The minimum atomic E-state index is -0.452. The van der Waals surface area contributed by atoms with Crippen molar-refractivity contribution < 1.29 is 19.1 Å². The fourth-order valence-electron chi connectivity index (χ4n) is 4.06. The van der Waals surface area contributed by atoms with Crippen molar-refractivity contribution in [2.24, 2.45) is 0 Å². The first-order chi connectivity index (χ1) is 15.7. The van der Waals surface area contributed by atoms with Gasteiger partial charge in [0.15, 0.2) is 0 Å². The first-order valence-corrected chi connectivity index (χ1v) is 10.5. The molecule has 0 spiro atoms. The Bertz CT molecular complexity index is 1110. The van der Waals surface area contributed by atoms with Crippen LogP contribution in [-0.2, 0) is 4.74 Å². The summed E-state index contributed by atoms with van der Waals surface area (Å²) in [6, 6.07) is 21.4. The minimum absolute atomic E-state index is 0.0326. The van der Waals surface area contributed by atoms with E-state index in [9.17, 15) is 14.4 Å². The van der Waals surface area contributed by atoms with Gasteiger partial charge in [-0.3, -0.25) is 9.59 Å². The average Bonchev–Trinajstić information content (AvgIpc) is 3.16. The highest BCUT2D eigenvalue weighted by atomic mass is 16.5. The summed E-state index contributed by atoms with van der Waals surface area (Å²) in [5.41, 5.74) is 6.40. The Morgan fingerprint density at radius 2 is 1.41 bits per heavy atom. The van der Waals surface area contributed by atoms with E-state index in [0.717, 1.165) is 5.56 Å². The molecule has 3 aromatic carbocycles. The zero-order valence-corrected chi connectivity index (χ0v) is 17.5. The van der Waals surface area contributed by atoms with Crippen molar-refractivity contribution in [2.75, 3.05) is 13.2 Å². The Labute approximate surface area is 186 Å². The Hall–Kier alpha value is -3.99. The molecule has 0 aliphatic heterocycles. The zero-order valence-electron chi connectivity index (χ0n) is 17.5. The lowest BCUT2D eigenvalue weighted by molar-refractivity contribution is 0.112. The first kappa shape index (κ1) is 21.2. The first-order valence-electron chi connectivity index (χ1n) is 10.5. The number of benzene rings is 3. The molecule has 1 aliphatic rings. The molecule has 0 saturated carbocycles. The molecule has 0 aromatic heterocycles. The molecule has 0 fully saturated rings. The number of alkyl carbamates (subject to hydrolysis) is 1. The molecule has 0 bridgehead atoms. The summed E-state index contributed by atoms with van der Waals surface area (Å²) < 4.78 is 5.51. The summed E-state index contributed by atoms with van der Waals surface area (Å²) in [4.78, 5) is 34.1. The van der Waals surface area contributed by atoms with Gasteiger partial charge in [0.05, 0.1) is 0 Å². The van der Waals surface area contributed by atoms with E-state index in [1.54, 1.807) is 12.1 Å². The average molecular weight is 425 g/mol. The van der Waals surface area contributed by atoms with Gasteiger partial charge in [0.25, 0.3) is 0 Å². The number of aldehydes is 2. The standard InChI is InChI=1S/C27H23NO4/c29-16-20-13-19(14-21(15-20)17-30)7-5-6-12-28-27(31)32-18-26-24-10-3-1-8-22(24)23-9-2-4-11-25(23)26/h1-5,7-11,13-17,26H,6,12,18H2,(H,28,31). The monoisotopic (exact) mass is 425 g/mol. The molecule has 0 radical (unpaired) electrons. The number of amides is 1. The van der Waals surface area contributed by atoms with Crippen LogP contribution in [0.5, 0.6) is 0 Å². The van der Waals surface area contributed by atoms with Crippen LogP contribution in [0.15, 0.2) is 72.8 Å². The fraction of sp³-hybridized carbons (Fsp3) is 0.148. The van der Waals surface area contributed by atoms with Crippen molar-refractivity contribution in [1.82, 2.24) is 5.32 Å². The molecular formula is C27H23NO4. The number of hydrogen-bond donors (Lipinski definition) is 1. The van der Waals surface area contributed by atoms with Gasteiger partial charge < -0.3 is 10.1 Å². The van der Waals surface area contributed by atoms with Crippen molar-refractivity contribution in [2.45, 2.75) is 12.3 Å². The van der Waals surface area contributed by atoms with Crippen molar-refractivity contribution >= 4 is 24.7 Å². The molecule has 3 aromatic rings. The number of nitrogens with one attached hydrogen (secondary N) is 1. The van der Waals surface area contributed by atoms with E-state index in [2.05, 4.69) is 29.6 Å². The normalized spacial score (nSPS) is 12.2. The fourth-order valence-corrected chi connectivity index (χ4v) is 4.06. The second-order valence-electron chi connectivity index (χ2n) is 7.61. The van der Waals surface area contributed by atoms with Crippen molar-refractivity contribution in [1.29, 1.82) is 0 Å². The van der Waals surface area contributed by atoms with Gasteiger partial charge in [-0.05, 0) is 52.4 Å². The molecule has 0 atom stereocenters. The third kappa shape index (κ3) is 4.67. The molecule has 32 heavy (non-hydrogen) atoms. The second kappa shape index (κ2) is 9.88. The van der Waals surface area contributed by atoms with E-state index in [4.69, 9.17) is 4.74 Å². The van der Waals surface area contributed by atoms with E-state index >= 15 is 0 Å². The quantitative estimate of drug-likeness (QED) is 0.395. The SMILES string of the molecule is O=Cc1cc(C=O)cc(C=CCCNC(=O)OCC2c3ccccc3-c3ccccc32)c1. The molecule has 1 N–H and O–H groups in total. The summed E-state index contributed by atoms with van der Waals surface area (Å²) in [6.45, 7) is 0.698. The van der Waals surface area contributed by atoms with Crippen LogP contribution in [0, 0.1) is 0 Å². The largest absolute Gasteiger partial charge is 0.449 e. The maximum absolute atomic E-state index is 12.2. The highest BCUT2D eigenvalue weighted by molar-refractivity contribution is 5.84. The molecule has 1 amide bonds. The van der Waals surface area contributed by atoms with Gasteiger partial charge in [0.2, 0.25) is 0 Å². The van der Waals surface area contributed by atoms with Gasteiger partial charge in [-0.25, -0.2) is 4.79 Å². The predicted octanol–water partition coefficient (Wildman–Crippen LogP) is 5.25. The van der Waals surface area contributed by atoms with Crippen LogP contribution in [0.3, 0.4) is 0 Å². The summed E-state index contributed by atoms with van der Waals surface area (Å²) in [5, 5.41) is 2.76. The molecule has 0 heterocycles. The van der Waals surface area contributed by atoms with Crippen molar-refractivity contribution in [3.05, 3.63) is 101 Å². The maximum atomic E-state index is 12.2. The molecular weight excluding hydrogens is 402 g/mol. The lowest BCUT2D eigenvalue weighted by Crippen LogP contribution is -2.26. The number of rotatable bonds is 8. The van der Waals surface area contributed by atoms with Gasteiger partial charge in [-0.2, -0.15) is 0 Å². The van der Waals surface area contributed by atoms with Crippen LogP contribution >= 0.6 is 0 Å². The Kier molecular flexibility index (Phi) is 6.56. The van der Waals surface area contributed by atoms with Crippen molar-refractivity contribution in [3.63, 3.8) is 0 Å². The van der Waals surface area contributed by atoms with Crippen LogP contribution in [-0.4, -0.2) is 31.8 Å². The number of ether oxygens (including phenoxy) is 1. The van der Waals surface area contributed by atoms with Gasteiger partial charge in [0.1, 0.15) is 19.2 Å². The lowest BCUT2D eigenvalue weighted by Gasteiger charge is -2.14. The molecule has 5 heteroatoms. The van der Waals surface area contributed by atoms with E-state index < -0.39 is 6.09 Å². The molecule has 4 rings (SSSR count). The molecule has 5 nitrogen and oxygen atoms in total. The van der Waals surface area contributed by atoms with E-state index in [-0.39, 0.29) is 12.5 Å². The highest BCUT2D eigenvalue weighted by Gasteiger charge is 2.28. The Morgan fingerprint density at radius 1 is 0.844 bits per heavy atom. The van der Waals surface area contributed by atoms with E-state index in [0.29, 0.717) is 36.7 Å². The Balaban J connectivity index is 1.28. The lowest BCUT2D eigenvalue weighted by atomic mass is 9.98. The van der Waals surface area contributed by atoms with Gasteiger partial charge >= 0.3 is 6.09 Å². The van der Waals surface area contributed by atoms with Gasteiger partial charge in [-0.15, -0.1) is 0 Å². The molecule has 160 valence electrons. The van der Waals surface area contributed by atoms with Gasteiger partial charge in [-0.1, -0.05) is 60.7 Å². The molecule has 1 aliphatic carbocycles. The van der Waals surface area contributed by atoms with Gasteiger partial charge in [0, 0.05) is 23.6 Å². The topological polar surface area (TPSA) is 72.5 Å². The highest BCUT2D eigenvalue weighted by Crippen LogP contribution is 2.44. The van der Waals surface area contributed by atoms with Crippen LogP contribution in [0.4, 0.5) is 4.79 Å². The summed E-state index contributed by atoms with van der Waals surface area (Å²) in [7, 11) is 0. The second-order valence-corrected chi connectivity index (χ2v) is 7.61. The minimum Gasteiger partial charge on any atom is -0.449 e. The zero-order chi connectivity index (χ0) is 22.3. The summed E-state index contributed by atoms with van der Waals surface area (Å²) in [6.07, 6.45) is 5.26. The number of hydrogen-bond acceptors (Lipinski definition) is 4. The smallest absolute Gasteiger partial charge is 0.407 e. The van der Waals surface area contributed by atoms with E-state index in [1.807, 2.05) is 36.4 Å². The summed E-state index contributed by atoms with van der Waals surface area (Å²) in [5.74, 6) is 0.0326. The van der Waals surface area contributed by atoms with Crippen molar-refractivity contribution in [3.8, 4) is 11.1 Å². The van der Waals surface area contributed by atoms with Crippen LogP contribution < -0.4 is 5.32 Å². The number of fused-ring (bicyclic) bond motifs is 3. The maximum Gasteiger partial charge on any atom is 0.407 e. The molecule has 0 unspecified atom stereocenters.